The van der Waals surface area contributed by atoms with E-state index in [2.05, 4.69) is 26.3 Å². The zero-order valence-corrected chi connectivity index (χ0v) is 15.6. The lowest BCUT2D eigenvalue weighted by molar-refractivity contribution is 0.0940. The molecule has 0 fully saturated rings. The number of nitrogens with zero attached hydrogens (tertiary/aromatic N) is 2. The van der Waals surface area contributed by atoms with Crippen LogP contribution in [0, 0.1) is 5.82 Å². The highest BCUT2D eigenvalue weighted by Gasteiger charge is 2.10. The summed E-state index contributed by atoms with van der Waals surface area (Å²) in [5.74, 6) is -0.184. The van der Waals surface area contributed by atoms with Crippen LogP contribution in [0.5, 0.6) is 5.75 Å². The van der Waals surface area contributed by atoms with Crippen molar-refractivity contribution in [3.63, 3.8) is 0 Å². The predicted molar refractivity (Wildman–Crippen MR) is 102 cm³/mol. The second-order valence-corrected chi connectivity index (χ2v) is 6.42. The molecule has 1 amide bonds. The molecule has 0 saturated carbocycles. The number of hydrogen-bond donors (Lipinski definition) is 1. The Hall–Kier alpha value is -3.00. The van der Waals surface area contributed by atoms with E-state index in [1.807, 2.05) is 24.3 Å². The number of amides is 1. The third-order valence-corrected chi connectivity index (χ3v) is 4.05. The minimum Gasteiger partial charge on any atom is -0.492 e. The predicted octanol–water partition coefficient (Wildman–Crippen LogP) is 2.94. The molecule has 6 nitrogen and oxygen atoms in total. The number of aromatic nitrogens is 2. The summed E-state index contributed by atoms with van der Waals surface area (Å²) in [5.41, 5.74) is 0.0200. The van der Waals surface area contributed by atoms with E-state index in [0.717, 1.165) is 9.15 Å². The van der Waals surface area contributed by atoms with Crippen LogP contribution in [0.1, 0.15) is 10.5 Å². The Morgan fingerprint density at radius 3 is 2.67 bits per heavy atom. The Morgan fingerprint density at radius 2 is 1.93 bits per heavy atom. The van der Waals surface area contributed by atoms with Gasteiger partial charge in [-0.15, -0.1) is 0 Å². The van der Waals surface area contributed by atoms with Gasteiger partial charge in [-0.05, 0) is 48.5 Å². The van der Waals surface area contributed by atoms with Crippen LogP contribution in [0.2, 0.25) is 0 Å². The zero-order chi connectivity index (χ0) is 19.2. The molecular weight excluding hydrogens is 417 g/mol. The molecule has 0 atom stereocenters. The molecule has 27 heavy (non-hydrogen) atoms. The monoisotopic (exact) mass is 431 g/mol. The minimum atomic E-state index is -0.441. The summed E-state index contributed by atoms with van der Waals surface area (Å²) in [4.78, 5) is 24.2. The van der Waals surface area contributed by atoms with Crippen LogP contribution in [0.15, 0.2) is 69.9 Å². The van der Waals surface area contributed by atoms with E-state index in [1.165, 1.54) is 36.4 Å². The topological polar surface area (TPSA) is 73.2 Å². The van der Waals surface area contributed by atoms with Crippen LogP contribution < -0.4 is 15.6 Å². The van der Waals surface area contributed by atoms with Crippen LogP contribution in [0.25, 0.3) is 5.69 Å². The molecule has 2 aromatic carbocycles. The van der Waals surface area contributed by atoms with Gasteiger partial charge in [0.25, 0.3) is 11.5 Å². The largest absolute Gasteiger partial charge is 0.492 e. The van der Waals surface area contributed by atoms with Crippen molar-refractivity contribution in [2.75, 3.05) is 13.2 Å². The lowest BCUT2D eigenvalue weighted by atomic mass is 10.3. The van der Waals surface area contributed by atoms with E-state index in [9.17, 15) is 14.0 Å². The molecule has 1 N–H and O–H groups in total. The van der Waals surface area contributed by atoms with Crippen LogP contribution in [-0.4, -0.2) is 28.8 Å². The molecule has 0 aliphatic rings. The molecule has 0 saturated heterocycles. The quantitative estimate of drug-likeness (QED) is 0.608. The summed E-state index contributed by atoms with van der Waals surface area (Å²) < 4.78 is 20.5. The molecule has 0 aliphatic heterocycles. The van der Waals surface area contributed by atoms with Gasteiger partial charge in [-0.3, -0.25) is 9.59 Å². The number of hydrogen-bond acceptors (Lipinski definition) is 4. The van der Waals surface area contributed by atoms with Crippen molar-refractivity contribution in [2.45, 2.75) is 0 Å². The van der Waals surface area contributed by atoms with Gasteiger partial charge in [0.15, 0.2) is 0 Å². The van der Waals surface area contributed by atoms with Gasteiger partial charge in [0, 0.05) is 10.5 Å². The number of halogens is 2. The fourth-order valence-electron chi connectivity index (χ4n) is 2.28. The first kappa shape index (κ1) is 18.8. The van der Waals surface area contributed by atoms with Crippen molar-refractivity contribution in [1.82, 2.24) is 15.1 Å². The molecule has 8 heteroatoms. The Morgan fingerprint density at radius 1 is 1.15 bits per heavy atom. The Kier molecular flexibility index (Phi) is 5.97. The van der Waals surface area contributed by atoms with Crippen LogP contribution in [0.3, 0.4) is 0 Å². The average Bonchev–Trinajstić information content (AvgIpc) is 2.66. The molecule has 0 aliphatic carbocycles. The SMILES string of the molecule is O=C(NCCOc1cccc(Br)c1)c1ccc(=O)n(-c2ccc(F)cc2)n1. The third-order valence-electron chi connectivity index (χ3n) is 3.56. The van der Waals surface area contributed by atoms with E-state index >= 15 is 0 Å². The standard InChI is InChI=1S/C19H15BrFN3O3/c20-13-2-1-3-16(12-13)27-11-10-22-19(26)17-8-9-18(25)24(23-17)15-6-4-14(21)5-7-15/h1-9,12H,10-11H2,(H,22,26). The van der Waals surface area contributed by atoms with Crippen molar-refractivity contribution in [2.24, 2.45) is 0 Å². The van der Waals surface area contributed by atoms with Crippen LogP contribution in [-0.2, 0) is 0 Å². The summed E-state index contributed by atoms with van der Waals surface area (Å²) >= 11 is 3.35. The summed E-state index contributed by atoms with van der Waals surface area (Å²) in [6.07, 6.45) is 0. The van der Waals surface area contributed by atoms with Crippen molar-refractivity contribution in [3.05, 3.63) is 87.0 Å². The second kappa shape index (κ2) is 8.59. The van der Waals surface area contributed by atoms with Gasteiger partial charge >= 0.3 is 0 Å². The highest BCUT2D eigenvalue weighted by Crippen LogP contribution is 2.17. The molecule has 0 spiro atoms. The zero-order valence-electron chi connectivity index (χ0n) is 14.1. The molecule has 0 radical (unpaired) electrons. The minimum absolute atomic E-state index is 0.0707. The van der Waals surface area contributed by atoms with Gasteiger partial charge in [0.05, 0.1) is 12.2 Å². The van der Waals surface area contributed by atoms with Gasteiger partial charge in [0.1, 0.15) is 23.9 Å². The number of rotatable bonds is 6. The third kappa shape index (κ3) is 5.01. The van der Waals surface area contributed by atoms with Gasteiger partial charge in [-0.2, -0.15) is 9.78 Å². The molecule has 3 aromatic rings. The summed E-state index contributed by atoms with van der Waals surface area (Å²) in [5, 5.41) is 6.72. The maximum Gasteiger partial charge on any atom is 0.271 e. The lowest BCUT2D eigenvalue weighted by Gasteiger charge is -2.09. The summed E-state index contributed by atoms with van der Waals surface area (Å²) in [7, 11) is 0. The van der Waals surface area contributed by atoms with Crippen molar-refractivity contribution in [1.29, 1.82) is 0 Å². The lowest BCUT2D eigenvalue weighted by Crippen LogP contribution is -2.31. The summed E-state index contributed by atoms with van der Waals surface area (Å²) in [6.45, 7) is 0.544. The van der Waals surface area contributed by atoms with Crippen LogP contribution >= 0.6 is 15.9 Å². The molecule has 0 bridgehead atoms. The normalized spacial score (nSPS) is 10.4. The van der Waals surface area contributed by atoms with E-state index < -0.39 is 17.3 Å². The van der Waals surface area contributed by atoms with E-state index in [0.29, 0.717) is 11.4 Å². The van der Waals surface area contributed by atoms with Gasteiger partial charge in [-0.25, -0.2) is 4.39 Å². The number of benzene rings is 2. The number of carbonyl (C=O) groups excluding carboxylic acids is 1. The van der Waals surface area contributed by atoms with Crippen LogP contribution in [0.4, 0.5) is 4.39 Å². The molecule has 1 aromatic heterocycles. The molecule has 3 rings (SSSR count). The highest BCUT2D eigenvalue weighted by atomic mass is 79.9. The maximum atomic E-state index is 13.0. The maximum absolute atomic E-state index is 13.0. The van der Waals surface area contributed by atoms with Crippen molar-refractivity contribution < 1.29 is 13.9 Å². The number of ether oxygens (including phenoxy) is 1. The average molecular weight is 432 g/mol. The van der Waals surface area contributed by atoms with E-state index in [1.54, 1.807) is 0 Å². The number of carbonyl (C=O) groups is 1. The second-order valence-electron chi connectivity index (χ2n) is 5.51. The highest BCUT2D eigenvalue weighted by molar-refractivity contribution is 9.10. The number of nitrogens with one attached hydrogen (secondary N) is 1. The van der Waals surface area contributed by atoms with Gasteiger partial charge < -0.3 is 10.1 Å². The first-order valence-electron chi connectivity index (χ1n) is 8.06. The van der Waals surface area contributed by atoms with E-state index in [4.69, 9.17) is 4.74 Å². The Labute approximate surface area is 162 Å². The Balaban J connectivity index is 1.62. The first-order valence-corrected chi connectivity index (χ1v) is 8.85. The molecule has 138 valence electrons. The van der Waals surface area contributed by atoms with Crippen molar-refractivity contribution >= 4 is 21.8 Å². The van der Waals surface area contributed by atoms with Gasteiger partial charge in [-0.1, -0.05) is 22.0 Å². The first-order chi connectivity index (χ1) is 13.0. The summed E-state index contributed by atoms with van der Waals surface area (Å²) in [6, 6.07) is 15.2. The molecule has 0 unspecified atom stereocenters. The van der Waals surface area contributed by atoms with Crippen molar-refractivity contribution in [3.8, 4) is 11.4 Å². The fourth-order valence-corrected chi connectivity index (χ4v) is 2.66. The fraction of sp³-hybridized carbons (Fsp3) is 0.105. The molecular formula is C19H15BrFN3O3. The molecule has 1 heterocycles. The Bertz CT molecular complexity index is 1010. The smallest absolute Gasteiger partial charge is 0.271 e. The van der Waals surface area contributed by atoms with Gasteiger partial charge in [0.2, 0.25) is 0 Å². The van der Waals surface area contributed by atoms with E-state index in [-0.39, 0.29) is 18.8 Å².